The lowest BCUT2D eigenvalue weighted by Crippen LogP contribution is -2.16. The van der Waals surface area contributed by atoms with Gasteiger partial charge in [0.05, 0.1) is 0 Å². The molecular weight excluding hydrogens is 298 g/mol. The first kappa shape index (κ1) is 14.0. The molecule has 0 heterocycles. The number of alkyl halides is 1. The molecule has 3 heteroatoms. The average Bonchev–Trinajstić information content (AvgIpc) is 2.62. The smallest absolute Gasteiger partial charge is 0.159 e. The summed E-state index contributed by atoms with van der Waals surface area (Å²) in [6.45, 7) is 0. The van der Waals surface area contributed by atoms with Crippen LogP contribution >= 0.6 is 15.9 Å². The monoisotopic (exact) mass is 316 g/mol. The van der Waals surface area contributed by atoms with Gasteiger partial charge in [-0.05, 0) is 42.9 Å². The number of hydrogen-bond acceptors (Lipinski definition) is 0. The van der Waals surface area contributed by atoms with Crippen molar-refractivity contribution in [3.05, 3.63) is 35.4 Å². The van der Waals surface area contributed by atoms with Crippen molar-refractivity contribution in [3.8, 4) is 0 Å². The molecule has 2 rings (SSSR count). The van der Waals surface area contributed by atoms with Gasteiger partial charge in [0.25, 0.3) is 0 Å². The van der Waals surface area contributed by atoms with Crippen molar-refractivity contribution < 1.29 is 8.78 Å². The van der Waals surface area contributed by atoms with Crippen molar-refractivity contribution in [1.29, 1.82) is 0 Å². The highest BCUT2D eigenvalue weighted by Gasteiger charge is 2.21. The standard InChI is InChI=1S/C15H19BrF2/c16-13(12-5-3-1-2-4-6-12)9-11-7-8-14(17)15(18)10-11/h7-8,10,12-13H,1-6,9H2. The summed E-state index contributed by atoms with van der Waals surface area (Å²) in [5, 5.41) is 0. The Balaban J connectivity index is 1.96. The zero-order chi connectivity index (χ0) is 13.0. The Bertz CT molecular complexity index is 384. The minimum absolute atomic E-state index is 0.375. The Labute approximate surface area is 116 Å². The minimum Gasteiger partial charge on any atom is -0.204 e. The van der Waals surface area contributed by atoms with Crippen LogP contribution in [0.4, 0.5) is 8.78 Å². The number of halogens is 3. The first-order valence-corrected chi connectivity index (χ1v) is 7.66. The summed E-state index contributed by atoms with van der Waals surface area (Å²) in [5.74, 6) is -0.840. The fraction of sp³-hybridized carbons (Fsp3) is 0.600. The van der Waals surface area contributed by atoms with Gasteiger partial charge in [-0.2, -0.15) is 0 Å². The molecule has 0 aromatic heterocycles. The lowest BCUT2D eigenvalue weighted by atomic mass is 9.92. The Morgan fingerprint density at radius 2 is 1.72 bits per heavy atom. The third-order valence-electron chi connectivity index (χ3n) is 3.83. The maximum Gasteiger partial charge on any atom is 0.159 e. The number of rotatable bonds is 3. The highest BCUT2D eigenvalue weighted by atomic mass is 79.9. The normalized spacial score (nSPS) is 19.5. The van der Waals surface area contributed by atoms with E-state index in [-0.39, 0.29) is 0 Å². The molecule has 0 spiro atoms. The van der Waals surface area contributed by atoms with Crippen LogP contribution in [0.1, 0.15) is 44.1 Å². The number of hydrogen-bond donors (Lipinski definition) is 0. The van der Waals surface area contributed by atoms with Crippen molar-refractivity contribution >= 4 is 15.9 Å². The zero-order valence-electron chi connectivity index (χ0n) is 10.5. The summed E-state index contributed by atoms with van der Waals surface area (Å²) in [4.78, 5) is 0.375. The first-order chi connectivity index (χ1) is 8.66. The molecule has 1 fully saturated rings. The van der Waals surface area contributed by atoms with Crippen molar-refractivity contribution in [3.63, 3.8) is 0 Å². The van der Waals surface area contributed by atoms with E-state index in [0.717, 1.165) is 12.0 Å². The highest BCUT2D eigenvalue weighted by Crippen LogP contribution is 2.31. The Morgan fingerprint density at radius 1 is 1.06 bits per heavy atom. The van der Waals surface area contributed by atoms with Gasteiger partial charge in [0.2, 0.25) is 0 Å². The fourth-order valence-electron chi connectivity index (χ4n) is 2.73. The predicted octanol–water partition coefficient (Wildman–Crippen LogP) is 5.24. The van der Waals surface area contributed by atoms with E-state index in [2.05, 4.69) is 15.9 Å². The number of benzene rings is 1. The molecule has 1 aromatic rings. The summed E-state index contributed by atoms with van der Waals surface area (Å²) in [7, 11) is 0. The highest BCUT2D eigenvalue weighted by molar-refractivity contribution is 9.09. The molecule has 100 valence electrons. The molecule has 1 atom stereocenters. The van der Waals surface area contributed by atoms with E-state index in [4.69, 9.17) is 0 Å². The van der Waals surface area contributed by atoms with Gasteiger partial charge < -0.3 is 0 Å². The van der Waals surface area contributed by atoms with Crippen molar-refractivity contribution in [2.75, 3.05) is 0 Å². The molecule has 0 N–H and O–H groups in total. The van der Waals surface area contributed by atoms with Gasteiger partial charge >= 0.3 is 0 Å². The summed E-state index contributed by atoms with van der Waals surface area (Å²) in [5.41, 5.74) is 0.875. The molecule has 18 heavy (non-hydrogen) atoms. The molecule has 0 saturated heterocycles. The van der Waals surface area contributed by atoms with Crippen LogP contribution in [0.5, 0.6) is 0 Å². The van der Waals surface area contributed by atoms with Gasteiger partial charge in [0.15, 0.2) is 11.6 Å². The largest absolute Gasteiger partial charge is 0.204 e. The van der Waals surface area contributed by atoms with Gasteiger partial charge in [-0.25, -0.2) is 8.78 Å². The van der Waals surface area contributed by atoms with Crippen LogP contribution in [0.25, 0.3) is 0 Å². The van der Waals surface area contributed by atoms with Crippen LogP contribution in [0.3, 0.4) is 0 Å². The van der Waals surface area contributed by atoms with Gasteiger partial charge in [-0.1, -0.05) is 47.7 Å². The second-order valence-electron chi connectivity index (χ2n) is 5.22. The molecule has 1 unspecified atom stereocenters. The van der Waals surface area contributed by atoms with Gasteiger partial charge in [0.1, 0.15) is 0 Å². The maximum absolute atomic E-state index is 13.1. The van der Waals surface area contributed by atoms with Gasteiger partial charge in [-0.15, -0.1) is 0 Å². The molecule has 0 amide bonds. The predicted molar refractivity (Wildman–Crippen MR) is 74.0 cm³/mol. The molecule has 1 aliphatic carbocycles. The van der Waals surface area contributed by atoms with Crippen LogP contribution in [0.15, 0.2) is 18.2 Å². The summed E-state index contributed by atoms with van der Waals surface area (Å²) >= 11 is 3.74. The van der Waals surface area contributed by atoms with Gasteiger partial charge in [0, 0.05) is 4.83 Å². The Hall–Kier alpha value is -0.440. The first-order valence-electron chi connectivity index (χ1n) is 6.75. The van der Waals surface area contributed by atoms with E-state index >= 15 is 0 Å². The quantitative estimate of drug-likeness (QED) is 0.528. The van der Waals surface area contributed by atoms with Crippen molar-refractivity contribution in [1.82, 2.24) is 0 Å². The van der Waals surface area contributed by atoms with Crippen LogP contribution in [0, 0.1) is 17.6 Å². The molecule has 0 radical (unpaired) electrons. The fourth-order valence-corrected chi connectivity index (χ4v) is 3.63. The zero-order valence-corrected chi connectivity index (χ0v) is 12.1. The van der Waals surface area contributed by atoms with Crippen molar-refractivity contribution in [2.24, 2.45) is 5.92 Å². The summed E-state index contributed by atoms with van der Waals surface area (Å²) in [6, 6.07) is 4.22. The SMILES string of the molecule is Fc1ccc(CC(Br)C2CCCCCC2)cc1F. The van der Waals surface area contributed by atoms with E-state index in [1.165, 1.54) is 50.7 Å². The van der Waals surface area contributed by atoms with Crippen LogP contribution in [-0.2, 0) is 6.42 Å². The average molecular weight is 317 g/mol. The van der Waals surface area contributed by atoms with Crippen LogP contribution in [0.2, 0.25) is 0 Å². The molecule has 0 nitrogen and oxygen atoms in total. The second-order valence-corrected chi connectivity index (χ2v) is 6.40. The maximum atomic E-state index is 13.1. The van der Waals surface area contributed by atoms with Crippen LogP contribution < -0.4 is 0 Å². The van der Waals surface area contributed by atoms with Crippen molar-refractivity contribution in [2.45, 2.75) is 49.8 Å². The summed E-state index contributed by atoms with van der Waals surface area (Å²) in [6.07, 6.45) is 8.54. The molecular formula is C15H19BrF2. The Morgan fingerprint density at radius 3 is 2.33 bits per heavy atom. The second kappa shape index (κ2) is 6.65. The van der Waals surface area contributed by atoms with Crippen LogP contribution in [-0.4, -0.2) is 4.83 Å². The van der Waals surface area contributed by atoms with E-state index in [0.29, 0.717) is 10.7 Å². The molecule has 1 aliphatic rings. The minimum atomic E-state index is -0.765. The molecule has 1 saturated carbocycles. The summed E-state index contributed by atoms with van der Waals surface area (Å²) < 4.78 is 26.0. The van der Waals surface area contributed by atoms with E-state index in [1.807, 2.05) is 0 Å². The van der Waals surface area contributed by atoms with Gasteiger partial charge in [-0.3, -0.25) is 0 Å². The Kier molecular flexibility index (Phi) is 5.16. The third kappa shape index (κ3) is 3.78. The lowest BCUT2D eigenvalue weighted by Gasteiger charge is -2.20. The molecule has 0 aliphatic heterocycles. The van der Waals surface area contributed by atoms with E-state index < -0.39 is 11.6 Å². The molecule has 1 aromatic carbocycles. The molecule has 0 bridgehead atoms. The van der Waals surface area contributed by atoms with E-state index in [1.54, 1.807) is 6.07 Å². The topological polar surface area (TPSA) is 0 Å². The lowest BCUT2D eigenvalue weighted by molar-refractivity contribution is 0.444. The third-order valence-corrected chi connectivity index (χ3v) is 4.90. The van der Waals surface area contributed by atoms with E-state index in [9.17, 15) is 8.78 Å².